The van der Waals surface area contributed by atoms with E-state index in [0.717, 1.165) is 57.8 Å². The number of thiophene rings is 1. The second-order valence-corrected chi connectivity index (χ2v) is 11.6. The molecule has 0 fully saturated rings. The molecule has 5 aromatic rings. The highest BCUT2D eigenvalue weighted by molar-refractivity contribution is 7.19. The lowest BCUT2D eigenvalue weighted by Gasteiger charge is -2.26. The van der Waals surface area contributed by atoms with Crippen molar-refractivity contribution in [2.45, 2.75) is 39.4 Å². The molecule has 1 N–H and O–H groups in total. The molecule has 0 aliphatic carbocycles. The van der Waals surface area contributed by atoms with Crippen LogP contribution in [0.5, 0.6) is 0 Å². The lowest BCUT2D eigenvalue weighted by molar-refractivity contribution is -0.126. The number of hydrogen-bond acceptors (Lipinski definition) is 7. The number of likely N-dealkylation sites (N-methyl/N-ethyl adjacent to an activating group) is 1. The number of hydrogen-bond donors (Lipinski definition) is 1. The van der Waals surface area contributed by atoms with E-state index >= 15 is 0 Å². The summed E-state index contributed by atoms with van der Waals surface area (Å²) in [7, 11) is 2.06. The van der Waals surface area contributed by atoms with Gasteiger partial charge in [-0.05, 0) is 69.3 Å². The van der Waals surface area contributed by atoms with Crippen molar-refractivity contribution in [2.24, 2.45) is 0 Å². The minimum atomic E-state index is 0.0629. The molecule has 0 radical (unpaired) electrons. The molecule has 9 heteroatoms. The van der Waals surface area contributed by atoms with Crippen LogP contribution in [-0.2, 0) is 24.3 Å². The maximum absolute atomic E-state index is 12.9. The standard InChI is InChI=1S/C31H33N7OS/c1-21(2)36(3)14-6-8-28(39)38-16-12-25-27(19-38)40-31-29(25)30(33-20-34-31)35-23-9-10-26-22(17-23)11-15-37(26)18-24-7-4-5-13-32-24/h4-11,13,15,17,20-21H,12,14,16,18-19H2,1-3H3,(H,33,34,35)/b8-6+. The van der Waals surface area contributed by atoms with Crippen molar-refractivity contribution in [2.75, 3.05) is 25.5 Å². The Morgan fingerprint density at radius 1 is 1.18 bits per heavy atom. The number of anilines is 2. The number of carbonyl (C=O) groups excluding carboxylic acids is 1. The molecule has 204 valence electrons. The van der Waals surface area contributed by atoms with Gasteiger partial charge < -0.3 is 19.7 Å². The first-order valence-electron chi connectivity index (χ1n) is 13.6. The fourth-order valence-corrected chi connectivity index (χ4v) is 6.27. The van der Waals surface area contributed by atoms with Crippen molar-refractivity contribution in [3.63, 3.8) is 0 Å². The van der Waals surface area contributed by atoms with E-state index in [-0.39, 0.29) is 5.91 Å². The minimum absolute atomic E-state index is 0.0629. The van der Waals surface area contributed by atoms with Crippen LogP contribution in [0.1, 0.15) is 30.0 Å². The zero-order valence-electron chi connectivity index (χ0n) is 23.0. The van der Waals surface area contributed by atoms with Crippen LogP contribution in [0.15, 0.2) is 73.3 Å². The average molecular weight is 552 g/mol. The van der Waals surface area contributed by atoms with Gasteiger partial charge in [0.25, 0.3) is 0 Å². The second-order valence-electron chi connectivity index (χ2n) is 10.5. The highest BCUT2D eigenvalue weighted by Crippen LogP contribution is 2.38. The quantitative estimate of drug-likeness (QED) is 0.253. The van der Waals surface area contributed by atoms with Gasteiger partial charge in [-0.1, -0.05) is 12.1 Å². The molecule has 0 unspecified atom stereocenters. The normalized spacial score (nSPS) is 13.7. The predicted molar refractivity (Wildman–Crippen MR) is 162 cm³/mol. The molecule has 0 spiro atoms. The fourth-order valence-electron chi connectivity index (χ4n) is 5.07. The van der Waals surface area contributed by atoms with Crippen LogP contribution in [-0.4, -0.2) is 61.4 Å². The summed E-state index contributed by atoms with van der Waals surface area (Å²) in [6, 6.07) is 15.0. The monoisotopic (exact) mass is 551 g/mol. The van der Waals surface area contributed by atoms with Crippen LogP contribution in [0.3, 0.4) is 0 Å². The molecule has 40 heavy (non-hydrogen) atoms. The maximum Gasteiger partial charge on any atom is 0.246 e. The van der Waals surface area contributed by atoms with Gasteiger partial charge in [-0.3, -0.25) is 9.78 Å². The Balaban J connectivity index is 1.20. The van der Waals surface area contributed by atoms with E-state index in [9.17, 15) is 4.79 Å². The van der Waals surface area contributed by atoms with Gasteiger partial charge in [-0.2, -0.15) is 0 Å². The topological polar surface area (TPSA) is 79.2 Å². The van der Waals surface area contributed by atoms with Crippen molar-refractivity contribution in [3.05, 3.63) is 89.5 Å². The lowest BCUT2D eigenvalue weighted by Crippen LogP contribution is -2.34. The van der Waals surface area contributed by atoms with Gasteiger partial charge in [0.15, 0.2) is 0 Å². The van der Waals surface area contributed by atoms with E-state index < -0.39 is 0 Å². The highest BCUT2D eigenvalue weighted by Gasteiger charge is 2.25. The van der Waals surface area contributed by atoms with Crippen molar-refractivity contribution in [3.8, 4) is 0 Å². The van der Waals surface area contributed by atoms with E-state index in [1.807, 2.05) is 35.4 Å². The smallest absolute Gasteiger partial charge is 0.246 e. The molecule has 1 aromatic carbocycles. The zero-order valence-corrected chi connectivity index (χ0v) is 23.9. The highest BCUT2D eigenvalue weighted by atomic mass is 32.1. The number of amides is 1. The summed E-state index contributed by atoms with van der Waals surface area (Å²) < 4.78 is 2.21. The Labute approximate surface area is 238 Å². The lowest BCUT2D eigenvalue weighted by atomic mass is 10.0. The molecule has 8 nitrogen and oxygen atoms in total. The van der Waals surface area contributed by atoms with Crippen LogP contribution in [0.4, 0.5) is 11.5 Å². The Morgan fingerprint density at radius 3 is 2.90 bits per heavy atom. The second kappa shape index (κ2) is 11.2. The Morgan fingerprint density at radius 2 is 2.08 bits per heavy atom. The zero-order chi connectivity index (χ0) is 27.6. The molecule has 1 aliphatic rings. The van der Waals surface area contributed by atoms with Gasteiger partial charge in [-0.15, -0.1) is 11.3 Å². The van der Waals surface area contributed by atoms with Crippen molar-refractivity contribution >= 4 is 49.9 Å². The maximum atomic E-state index is 12.9. The first-order chi connectivity index (χ1) is 19.5. The minimum Gasteiger partial charge on any atom is -0.341 e. The number of carbonyl (C=O) groups is 1. The summed E-state index contributed by atoms with van der Waals surface area (Å²) in [4.78, 5) is 32.8. The number of aromatic nitrogens is 4. The summed E-state index contributed by atoms with van der Waals surface area (Å²) in [6.45, 7) is 7.08. The predicted octanol–water partition coefficient (Wildman–Crippen LogP) is 5.61. The molecule has 1 aliphatic heterocycles. The van der Waals surface area contributed by atoms with Crippen LogP contribution >= 0.6 is 11.3 Å². The van der Waals surface area contributed by atoms with Gasteiger partial charge in [0.1, 0.15) is 17.0 Å². The van der Waals surface area contributed by atoms with E-state index in [4.69, 9.17) is 0 Å². The average Bonchev–Trinajstić information content (AvgIpc) is 3.54. The van der Waals surface area contributed by atoms with Gasteiger partial charge in [0, 0.05) is 59.1 Å². The summed E-state index contributed by atoms with van der Waals surface area (Å²) in [5.41, 5.74) is 4.42. The molecular weight excluding hydrogens is 518 g/mol. The molecule has 5 heterocycles. The van der Waals surface area contributed by atoms with Gasteiger partial charge in [0.05, 0.1) is 24.2 Å². The first-order valence-corrected chi connectivity index (χ1v) is 14.4. The molecule has 6 rings (SSSR count). The third-order valence-corrected chi connectivity index (χ3v) is 8.70. The van der Waals surface area contributed by atoms with E-state index in [1.54, 1.807) is 23.7 Å². The molecule has 4 aromatic heterocycles. The van der Waals surface area contributed by atoms with Gasteiger partial charge in [0.2, 0.25) is 5.91 Å². The summed E-state index contributed by atoms with van der Waals surface area (Å²) >= 11 is 1.66. The first kappa shape index (κ1) is 26.2. The van der Waals surface area contributed by atoms with Crippen LogP contribution < -0.4 is 5.32 Å². The van der Waals surface area contributed by atoms with Crippen molar-refractivity contribution in [1.29, 1.82) is 0 Å². The van der Waals surface area contributed by atoms with Crippen LogP contribution in [0, 0.1) is 0 Å². The van der Waals surface area contributed by atoms with E-state index in [0.29, 0.717) is 19.1 Å². The van der Waals surface area contributed by atoms with Gasteiger partial charge >= 0.3 is 0 Å². The third-order valence-electron chi connectivity index (χ3n) is 7.58. The van der Waals surface area contributed by atoms with Crippen molar-refractivity contribution in [1.82, 2.24) is 29.3 Å². The van der Waals surface area contributed by atoms with Gasteiger partial charge in [-0.25, -0.2) is 9.97 Å². The molecule has 0 atom stereocenters. The van der Waals surface area contributed by atoms with Crippen LogP contribution in [0.2, 0.25) is 0 Å². The third kappa shape index (κ3) is 5.35. The summed E-state index contributed by atoms with van der Waals surface area (Å²) in [6.07, 6.45) is 10.0. The van der Waals surface area contributed by atoms with E-state index in [2.05, 4.69) is 81.1 Å². The number of nitrogens with one attached hydrogen (secondary N) is 1. The van der Waals surface area contributed by atoms with E-state index in [1.165, 1.54) is 10.4 Å². The molecule has 1 amide bonds. The van der Waals surface area contributed by atoms with Crippen molar-refractivity contribution < 1.29 is 4.79 Å². The molecule has 0 bridgehead atoms. The number of pyridine rings is 1. The summed E-state index contributed by atoms with van der Waals surface area (Å²) in [5, 5.41) is 5.77. The Hall–Kier alpha value is -4.08. The largest absolute Gasteiger partial charge is 0.341 e. The summed E-state index contributed by atoms with van der Waals surface area (Å²) in [5.74, 6) is 0.874. The SMILES string of the molecule is CC(C)N(C)C/C=C/C(=O)N1CCc2c(sc3ncnc(Nc4ccc5c(ccn5Cc5ccccn5)c4)c23)C1. The molecular formula is C31H33N7OS. The number of nitrogens with zero attached hydrogens (tertiary/aromatic N) is 6. The fraction of sp³-hybridized carbons (Fsp3) is 0.290. The Bertz CT molecular complexity index is 1690. The molecule has 0 saturated heterocycles. The number of fused-ring (bicyclic) bond motifs is 4. The number of rotatable bonds is 8. The molecule has 0 saturated carbocycles. The Kier molecular flexibility index (Phi) is 7.32. The van der Waals surface area contributed by atoms with Crippen LogP contribution in [0.25, 0.3) is 21.1 Å². The number of benzene rings is 1.